The quantitative estimate of drug-likeness (QED) is 0.837. The van der Waals surface area contributed by atoms with Gasteiger partial charge in [-0.1, -0.05) is 31.5 Å². The molecular weight excluding hydrogens is 252 g/mol. The second kappa shape index (κ2) is 7.68. The lowest BCUT2D eigenvalue weighted by Gasteiger charge is -2.17. The molecule has 1 aromatic rings. The maximum atomic E-state index is 11.9. The van der Waals surface area contributed by atoms with Crippen molar-refractivity contribution in [2.24, 2.45) is 5.92 Å². The molecule has 0 saturated carbocycles. The summed E-state index contributed by atoms with van der Waals surface area (Å²) in [5, 5.41) is 5.67. The van der Waals surface area contributed by atoms with Gasteiger partial charge in [0.2, 0.25) is 5.91 Å². The summed E-state index contributed by atoms with van der Waals surface area (Å²) in [5.41, 5.74) is 1.67. The zero-order valence-corrected chi connectivity index (χ0v) is 12.7. The largest absolute Gasteiger partial charge is 0.353 e. The molecule has 1 unspecified atom stereocenters. The molecule has 0 aromatic heterocycles. The molecule has 4 nitrogen and oxygen atoms in total. The van der Waals surface area contributed by atoms with Crippen molar-refractivity contribution in [3.8, 4) is 0 Å². The van der Waals surface area contributed by atoms with E-state index in [1.165, 1.54) is 0 Å². The standard InChI is InChI=1S/C16H24N2O2/c1-11(2)13(4)18-15(19)8-9-17-16(20)14-7-5-6-12(3)10-14/h5-7,10-11,13H,8-9H2,1-4H3,(H,17,20)(H,18,19). The summed E-state index contributed by atoms with van der Waals surface area (Å²) in [4.78, 5) is 23.5. The van der Waals surface area contributed by atoms with Crippen molar-refractivity contribution in [3.63, 3.8) is 0 Å². The topological polar surface area (TPSA) is 58.2 Å². The van der Waals surface area contributed by atoms with Gasteiger partial charge in [0.15, 0.2) is 0 Å². The highest BCUT2D eigenvalue weighted by molar-refractivity contribution is 5.94. The van der Waals surface area contributed by atoms with E-state index in [2.05, 4.69) is 24.5 Å². The second-order valence-corrected chi connectivity index (χ2v) is 5.48. The summed E-state index contributed by atoms with van der Waals surface area (Å²) in [6, 6.07) is 7.54. The normalized spacial score (nSPS) is 12.1. The number of hydrogen-bond acceptors (Lipinski definition) is 2. The molecule has 0 aliphatic rings. The molecule has 2 amide bonds. The smallest absolute Gasteiger partial charge is 0.251 e. The second-order valence-electron chi connectivity index (χ2n) is 5.48. The third-order valence-corrected chi connectivity index (χ3v) is 3.31. The van der Waals surface area contributed by atoms with E-state index in [1.807, 2.05) is 32.0 Å². The number of amides is 2. The molecule has 0 aliphatic heterocycles. The SMILES string of the molecule is Cc1cccc(C(=O)NCCC(=O)NC(C)C(C)C)c1. The molecule has 0 spiro atoms. The van der Waals surface area contributed by atoms with Gasteiger partial charge in [-0.2, -0.15) is 0 Å². The van der Waals surface area contributed by atoms with Crippen LogP contribution in [0.5, 0.6) is 0 Å². The number of benzene rings is 1. The fourth-order valence-electron chi connectivity index (χ4n) is 1.67. The van der Waals surface area contributed by atoms with Crippen LogP contribution in [0.2, 0.25) is 0 Å². The van der Waals surface area contributed by atoms with Crippen LogP contribution in [0, 0.1) is 12.8 Å². The predicted octanol–water partition coefficient (Wildman–Crippen LogP) is 2.28. The van der Waals surface area contributed by atoms with Crippen LogP contribution >= 0.6 is 0 Å². The number of rotatable bonds is 6. The minimum Gasteiger partial charge on any atom is -0.353 e. The lowest BCUT2D eigenvalue weighted by molar-refractivity contribution is -0.121. The molecule has 0 bridgehead atoms. The van der Waals surface area contributed by atoms with Crippen molar-refractivity contribution in [3.05, 3.63) is 35.4 Å². The molecule has 0 radical (unpaired) electrons. The zero-order chi connectivity index (χ0) is 15.1. The van der Waals surface area contributed by atoms with Crippen molar-refractivity contribution in [1.82, 2.24) is 10.6 Å². The first-order chi connectivity index (χ1) is 9.40. The lowest BCUT2D eigenvalue weighted by Crippen LogP contribution is -2.38. The molecule has 0 aliphatic carbocycles. The number of aryl methyl sites for hydroxylation is 1. The summed E-state index contributed by atoms with van der Waals surface area (Å²) < 4.78 is 0. The average molecular weight is 276 g/mol. The summed E-state index contributed by atoms with van der Waals surface area (Å²) >= 11 is 0. The Labute approximate surface area is 121 Å². The number of carbonyl (C=O) groups is 2. The maximum absolute atomic E-state index is 11.9. The van der Waals surface area contributed by atoms with E-state index < -0.39 is 0 Å². The lowest BCUT2D eigenvalue weighted by atomic mass is 10.1. The van der Waals surface area contributed by atoms with Gasteiger partial charge in [-0.3, -0.25) is 9.59 Å². The molecule has 1 aromatic carbocycles. The van der Waals surface area contributed by atoms with Gasteiger partial charge >= 0.3 is 0 Å². The van der Waals surface area contributed by atoms with Gasteiger partial charge in [0.25, 0.3) is 5.91 Å². The van der Waals surface area contributed by atoms with Gasteiger partial charge in [-0.05, 0) is 31.9 Å². The summed E-state index contributed by atoms with van der Waals surface area (Å²) in [6.45, 7) is 8.39. The van der Waals surface area contributed by atoms with Gasteiger partial charge in [-0.25, -0.2) is 0 Å². The highest BCUT2D eigenvalue weighted by atomic mass is 16.2. The third-order valence-electron chi connectivity index (χ3n) is 3.31. The Morgan fingerprint density at radius 1 is 1.20 bits per heavy atom. The Kier molecular flexibility index (Phi) is 6.22. The Morgan fingerprint density at radius 3 is 2.50 bits per heavy atom. The van der Waals surface area contributed by atoms with Crippen LogP contribution in [-0.2, 0) is 4.79 Å². The van der Waals surface area contributed by atoms with Crippen molar-refractivity contribution < 1.29 is 9.59 Å². The summed E-state index contributed by atoms with van der Waals surface area (Å²) in [7, 11) is 0. The molecule has 0 saturated heterocycles. The fraction of sp³-hybridized carbons (Fsp3) is 0.500. The van der Waals surface area contributed by atoms with Gasteiger partial charge in [-0.15, -0.1) is 0 Å². The van der Waals surface area contributed by atoms with Gasteiger partial charge in [0, 0.05) is 24.6 Å². The molecule has 20 heavy (non-hydrogen) atoms. The fourth-order valence-corrected chi connectivity index (χ4v) is 1.67. The number of hydrogen-bond donors (Lipinski definition) is 2. The number of carbonyl (C=O) groups excluding carboxylic acids is 2. The first-order valence-corrected chi connectivity index (χ1v) is 7.04. The Bertz CT molecular complexity index is 469. The van der Waals surface area contributed by atoms with Gasteiger partial charge in [0.05, 0.1) is 0 Å². The first-order valence-electron chi connectivity index (χ1n) is 7.04. The summed E-state index contributed by atoms with van der Waals surface area (Å²) in [5.74, 6) is 0.231. The first kappa shape index (κ1) is 16.2. The summed E-state index contributed by atoms with van der Waals surface area (Å²) in [6.07, 6.45) is 0.300. The molecule has 4 heteroatoms. The van der Waals surface area contributed by atoms with Crippen LogP contribution in [0.1, 0.15) is 43.1 Å². The Hall–Kier alpha value is -1.84. The van der Waals surface area contributed by atoms with E-state index in [9.17, 15) is 9.59 Å². The Morgan fingerprint density at radius 2 is 1.90 bits per heavy atom. The highest BCUT2D eigenvalue weighted by Gasteiger charge is 2.11. The zero-order valence-electron chi connectivity index (χ0n) is 12.7. The van der Waals surface area contributed by atoms with Gasteiger partial charge < -0.3 is 10.6 Å². The monoisotopic (exact) mass is 276 g/mol. The van der Waals surface area contributed by atoms with E-state index in [-0.39, 0.29) is 17.9 Å². The maximum Gasteiger partial charge on any atom is 0.251 e. The van der Waals surface area contributed by atoms with Gasteiger partial charge in [0.1, 0.15) is 0 Å². The van der Waals surface area contributed by atoms with E-state index in [1.54, 1.807) is 6.07 Å². The minimum absolute atomic E-state index is 0.0317. The van der Waals surface area contributed by atoms with Crippen LogP contribution in [0.25, 0.3) is 0 Å². The number of nitrogens with one attached hydrogen (secondary N) is 2. The van der Waals surface area contributed by atoms with E-state index in [4.69, 9.17) is 0 Å². The van der Waals surface area contributed by atoms with Crippen LogP contribution in [0.3, 0.4) is 0 Å². The van der Waals surface area contributed by atoms with Crippen LogP contribution in [-0.4, -0.2) is 24.4 Å². The molecule has 0 fully saturated rings. The Balaban J connectivity index is 2.34. The average Bonchev–Trinajstić information content (AvgIpc) is 2.38. The van der Waals surface area contributed by atoms with Crippen molar-refractivity contribution in [2.75, 3.05) is 6.54 Å². The third kappa shape index (κ3) is 5.43. The van der Waals surface area contributed by atoms with E-state index >= 15 is 0 Å². The van der Waals surface area contributed by atoms with Crippen molar-refractivity contribution in [1.29, 1.82) is 0 Å². The molecular formula is C16H24N2O2. The van der Waals surface area contributed by atoms with E-state index in [0.29, 0.717) is 24.4 Å². The van der Waals surface area contributed by atoms with Crippen molar-refractivity contribution >= 4 is 11.8 Å². The van der Waals surface area contributed by atoms with Crippen LogP contribution in [0.15, 0.2) is 24.3 Å². The van der Waals surface area contributed by atoms with Crippen LogP contribution < -0.4 is 10.6 Å². The molecule has 1 rings (SSSR count). The molecule has 0 heterocycles. The molecule has 1 atom stereocenters. The minimum atomic E-state index is -0.140. The van der Waals surface area contributed by atoms with Crippen LogP contribution in [0.4, 0.5) is 0 Å². The van der Waals surface area contributed by atoms with E-state index in [0.717, 1.165) is 5.56 Å². The van der Waals surface area contributed by atoms with Crippen molar-refractivity contribution in [2.45, 2.75) is 40.2 Å². The highest BCUT2D eigenvalue weighted by Crippen LogP contribution is 2.03. The predicted molar refractivity (Wildman–Crippen MR) is 80.6 cm³/mol. The molecule has 110 valence electrons. The molecule has 2 N–H and O–H groups in total.